The van der Waals surface area contributed by atoms with E-state index in [1.165, 1.54) is 19.3 Å². The van der Waals surface area contributed by atoms with Crippen molar-refractivity contribution in [1.29, 1.82) is 0 Å². The van der Waals surface area contributed by atoms with Gasteiger partial charge in [0.25, 0.3) is 5.91 Å². The molecule has 5 rings (SSSR count). The maximum Gasteiger partial charge on any atom is 0.255 e. The number of nitrogens with zero attached hydrogens (tertiary/aromatic N) is 1. The molecule has 3 aromatic rings. The van der Waals surface area contributed by atoms with E-state index < -0.39 is 0 Å². The minimum Gasteiger partial charge on any atom is -0.371 e. The van der Waals surface area contributed by atoms with Crippen molar-refractivity contribution in [1.82, 2.24) is 0 Å². The van der Waals surface area contributed by atoms with Gasteiger partial charge in [0.1, 0.15) is 0 Å². The monoisotopic (exact) mass is 411 g/mol. The number of anilines is 3. The summed E-state index contributed by atoms with van der Waals surface area (Å²) in [5, 5.41) is 5.85. The van der Waals surface area contributed by atoms with Crippen LogP contribution in [0.3, 0.4) is 0 Å². The molecule has 0 saturated carbocycles. The first-order chi connectivity index (χ1) is 15.2. The molecular weight excluding hydrogens is 386 g/mol. The summed E-state index contributed by atoms with van der Waals surface area (Å²) in [5.74, 6) is -0.219. The predicted molar refractivity (Wildman–Crippen MR) is 125 cm³/mol. The van der Waals surface area contributed by atoms with Crippen LogP contribution in [0.4, 0.5) is 17.1 Å². The fraction of sp³-hybridized carbons (Fsp3) is 0.231. The molecule has 0 atom stereocenters. The van der Waals surface area contributed by atoms with Gasteiger partial charge in [0.15, 0.2) is 0 Å². The Hall–Kier alpha value is -3.60. The number of hydrogen-bond donors (Lipinski definition) is 2. The highest BCUT2D eigenvalue weighted by atomic mass is 16.2. The van der Waals surface area contributed by atoms with Crippen LogP contribution in [-0.2, 0) is 11.2 Å². The zero-order chi connectivity index (χ0) is 21.2. The fourth-order valence-electron chi connectivity index (χ4n) is 4.48. The lowest BCUT2D eigenvalue weighted by Gasteiger charge is -2.31. The molecule has 1 saturated heterocycles. The SMILES string of the molecule is O=C1Cc2cccc(NC(=O)c3ccc(-c4ccccc4)c(N4CCCCC4)c3)c2N1. The van der Waals surface area contributed by atoms with E-state index in [1.54, 1.807) is 0 Å². The number of carbonyl (C=O) groups excluding carboxylic acids is 2. The van der Waals surface area contributed by atoms with E-state index in [-0.39, 0.29) is 11.8 Å². The Bertz CT molecular complexity index is 1130. The Morgan fingerprint density at radius 2 is 1.71 bits per heavy atom. The van der Waals surface area contributed by atoms with E-state index in [2.05, 4.69) is 27.7 Å². The van der Waals surface area contributed by atoms with Crippen molar-refractivity contribution in [3.05, 3.63) is 77.9 Å². The summed E-state index contributed by atoms with van der Waals surface area (Å²) in [6, 6.07) is 21.9. The van der Waals surface area contributed by atoms with E-state index >= 15 is 0 Å². The number of hydrogen-bond acceptors (Lipinski definition) is 3. The topological polar surface area (TPSA) is 61.4 Å². The summed E-state index contributed by atoms with van der Waals surface area (Å²) in [7, 11) is 0. The molecule has 2 aliphatic rings. The second-order valence-corrected chi connectivity index (χ2v) is 8.16. The third-order valence-corrected chi connectivity index (χ3v) is 6.06. The lowest BCUT2D eigenvalue weighted by atomic mass is 9.98. The zero-order valence-electron chi connectivity index (χ0n) is 17.4. The number of amides is 2. The second-order valence-electron chi connectivity index (χ2n) is 8.16. The Morgan fingerprint density at radius 3 is 2.52 bits per heavy atom. The van der Waals surface area contributed by atoms with Gasteiger partial charge < -0.3 is 15.5 Å². The normalized spacial score (nSPS) is 15.4. The van der Waals surface area contributed by atoms with Gasteiger partial charge in [-0.15, -0.1) is 0 Å². The summed E-state index contributed by atoms with van der Waals surface area (Å²) in [6.45, 7) is 2.01. The Morgan fingerprint density at radius 1 is 0.903 bits per heavy atom. The summed E-state index contributed by atoms with van der Waals surface area (Å²) in [5.41, 5.74) is 6.27. The van der Waals surface area contributed by atoms with Crippen LogP contribution in [0.5, 0.6) is 0 Å². The molecule has 0 aliphatic carbocycles. The van der Waals surface area contributed by atoms with Crippen molar-refractivity contribution >= 4 is 28.9 Å². The zero-order valence-corrected chi connectivity index (χ0v) is 17.4. The standard InChI is InChI=1S/C26H25N3O2/c30-24-17-19-10-7-11-22(25(19)28-24)27-26(31)20-12-13-21(18-8-3-1-4-9-18)23(16-20)29-14-5-2-6-15-29/h1,3-4,7-13,16H,2,5-6,14-15,17H2,(H,27,31)(H,28,30). The van der Waals surface area contributed by atoms with Gasteiger partial charge in [-0.05, 0) is 48.6 Å². The van der Waals surface area contributed by atoms with Gasteiger partial charge in [0.05, 0.1) is 17.8 Å². The maximum atomic E-state index is 13.1. The van der Waals surface area contributed by atoms with Gasteiger partial charge in [0.2, 0.25) is 5.91 Å². The van der Waals surface area contributed by atoms with E-state index in [1.807, 2.05) is 54.6 Å². The van der Waals surface area contributed by atoms with Crippen molar-refractivity contribution in [3.63, 3.8) is 0 Å². The van der Waals surface area contributed by atoms with Gasteiger partial charge in [-0.25, -0.2) is 0 Å². The second kappa shape index (κ2) is 8.26. The van der Waals surface area contributed by atoms with E-state index in [4.69, 9.17) is 0 Å². The van der Waals surface area contributed by atoms with Crippen LogP contribution < -0.4 is 15.5 Å². The number of carbonyl (C=O) groups is 2. The van der Waals surface area contributed by atoms with Crippen molar-refractivity contribution < 1.29 is 9.59 Å². The van der Waals surface area contributed by atoms with E-state index in [9.17, 15) is 9.59 Å². The molecule has 0 aromatic heterocycles. The smallest absolute Gasteiger partial charge is 0.255 e. The van der Waals surface area contributed by atoms with E-state index in [0.717, 1.165) is 35.5 Å². The first-order valence-corrected chi connectivity index (χ1v) is 10.9. The molecule has 0 unspecified atom stereocenters. The predicted octanol–water partition coefficient (Wildman–Crippen LogP) is 5.09. The molecule has 0 bridgehead atoms. The summed E-state index contributed by atoms with van der Waals surface area (Å²) in [4.78, 5) is 27.3. The van der Waals surface area contributed by atoms with Gasteiger partial charge in [-0.2, -0.15) is 0 Å². The molecule has 5 heteroatoms. The third kappa shape index (κ3) is 3.91. The molecule has 156 valence electrons. The van der Waals surface area contributed by atoms with Gasteiger partial charge in [-0.1, -0.05) is 48.5 Å². The molecule has 0 radical (unpaired) electrons. The molecule has 2 heterocycles. The van der Waals surface area contributed by atoms with Crippen molar-refractivity contribution in [2.24, 2.45) is 0 Å². The highest BCUT2D eigenvalue weighted by molar-refractivity contribution is 6.10. The van der Waals surface area contributed by atoms with Gasteiger partial charge >= 0.3 is 0 Å². The molecule has 0 spiro atoms. The maximum absolute atomic E-state index is 13.1. The van der Waals surface area contributed by atoms with Gasteiger partial charge in [-0.3, -0.25) is 9.59 Å². The number of para-hydroxylation sites is 1. The lowest BCUT2D eigenvalue weighted by molar-refractivity contribution is -0.115. The largest absolute Gasteiger partial charge is 0.371 e. The quantitative estimate of drug-likeness (QED) is 0.629. The number of piperidine rings is 1. The minimum atomic E-state index is -0.174. The van der Waals surface area contributed by atoms with Crippen LogP contribution in [0.2, 0.25) is 0 Å². The molecule has 3 aromatic carbocycles. The van der Waals surface area contributed by atoms with Crippen LogP contribution >= 0.6 is 0 Å². The Balaban J connectivity index is 1.48. The number of nitrogens with one attached hydrogen (secondary N) is 2. The molecule has 31 heavy (non-hydrogen) atoms. The Kier molecular flexibility index (Phi) is 5.16. The average molecular weight is 412 g/mol. The highest BCUT2D eigenvalue weighted by Crippen LogP contribution is 2.35. The molecule has 2 N–H and O–H groups in total. The minimum absolute atomic E-state index is 0.0451. The fourth-order valence-corrected chi connectivity index (χ4v) is 4.48. The molecule has 2 amide bonds. The molecule has 1 fully saturated rings. The summed E-state index contributed by atoms with van der Waals surface area (Å²) < 4.78 is 0. The number of rotatable bonds is 4. The number of fused-ring (bicyclic) bond motifs is 1. The van der Waals surface area contributed by atoms with Crippen molar-refractivity contribution in [2.75, 3.05) is 28.6 Å². The van der Waals surface area contributed by atoms with Crippen LogP contribution in [0, 0.1) is 0 Å². The molecular formula is C26H25N3O2. The van der Waals surface area contributed by atoms with E-state index in [0.29, 0.717) is 23.4 Å². The first kappa shape index (κ1) is 19.4. The average Bonchev–Trinajstić information content (AvgIpc) is 3.21. The third-order valence-electron chi connectivity index (χ3n) is 6.06. The number of benzene rings is 3. The van der Waals surface area contributed by atoms with Crippen LogP contribution in [0.1, 0.15) is 35.2 Å². The summed E-state index contributed by atoms with van der Waals surface area (Å²) >= 11 is 0. The summed E-state index contributed by atoms with van der Waals surface area (Å²) in [6.07, 6.45) is 3.94. The highest BCUT2D eigenvalue weighted by Gasteiger charge is 2.22. The first-order valence-electron chi connectivity index (χ1n) is 10.9. The van der Waals surface area contributed by atoms with Gasteiger partial charge in [0, 0.05) is 29.9 Å². The Labute approximate surface area is 182 Å². The van der Waals surface area contributed by atoms with Crippen LogP contribution in [0.15, 0.2) is 66.7 Å². The lowest BCUT2D eigenvalue weighted by Crippen LogP contribution is -2.30. The molecule has 5 nitrogen and oxygen atoms in total. The van der Waals surface area contributed by atoms with Crippen LogP contribution in [0.25, 0.3) is 11.1 Å². The van der Waals surface area contributed by atoms with Crippen molar-refractivity contribution in [3.8, 4) is 11.1 Å². The van der Waals surface area contributed by atoms with Crippen molar-refractivity contribution in [2.45, 2.75) is 25.7 Å². The molecule has 2 aliphatic heterocycles. The van der Waals surface area contributed by atoms with Crippen LogP contribution in [-0.4, -0.2) is 24.9 Å².